The van der Waals surface area contributed by atoms with Gasteiger partial charge >= 0.3 is 0 Å². The number of anilines is 1. The van der Waals surface area contributed by atoms with Gasteiger partial charge in [-0.3, -0.25) is 0 Å². The Morgan fingerprint density at radius 1 is 1.38 bits per heavy atom. The van der Waals surface area contributed by atoms with E-state index in [4.69, 9.17) is 5.73 Å². The molecule has 0 amide bonds. The average molecular weight is 175 g/mol. The van der Waals surface area contributed by atoms with Gasteiger partial charge in [0.15, 0.2) is 0 Å². The summed E-state index contributed by atoms with van der Waals surface area (Å²) in [5.41, 5.74) is 8.39. The molecule has 0 spiro atoms. The molecule has 66 valence electrons. The van der Waals surface area contributed by atoms with E-state index in [0.29, 0.717) is 0 Å². The minimum atomic E-state index is 0.775. The summed E-state index contributed by atoms with van der Waals surface area (Å²) in [5.74, 6) is 0. The van der Waals surface area contributed by atoms with E-state index >= 15 is 0 Å². The van der Waals surface area contributed by atoms with Gasteiger partial charge in [-0.15, -0.1) is 5.10 Å². The van der Waals surface area contributed by atoms with Crippen molar-refractivity contribution in [2.45, 2.75) is 6.92 Å². The average Bonchev–Trinajstić information content (AvgIpc) is 2.62. The number of aryl methyl sites for hydroxylation is 1. The van der Waals surface area contributed by atoms with Gasteiger partial charge < -0.3 is 5.73 Å². The van der Waals surface area contributed by atoms with Gasteiger partial charge in [-0.1, -0.05) is 0 Å². The third-order valence-corrected chi connectivity index (χ3v) is 1.87. The Bertz CT molecular complexity index is 406. The first-order chi connectivity index (χ1) is 6.27. The fourth-order valence-corrected chi connectivity index (χ4v) is 1.08. The number of nitrogen functional groups attached to an aromatic ring is 1. The van der Waals surface area contributed by atoms with E-state index < -0.39 is 0 Å². The van der Waals surface area contributed by atoms with Gasteiger partial charge in [-0.05, 0) is 41.1 Å². The summed E-state index contributed by atoms with van der Waals surface area (Å²) < 4.78 is 1.59. The van der Waals surface area contributed by atoms with Gasteiger partial charge in [0.1, 0.15) is 6.33 Å². The van der Waals surface area contributed by atoms with Gasteiger partial charge in [0.25, 0.3) is 0 Å². The van der Waals surface area contributed by atoms with Crippen LogP contribution in [0.4, 0.5) is 5.69 Å². The molecule has 0 bridgehead atoms. The lowest BCUT2D eigenvalue weighted by molar-refractivity contribution is 0.788. The third-order valence-electron chi connectivity index (χ3n) is 1.87. The molecule has 0 aliphatic rings. The van der Waals surface area contributed by atoms with E-state index in [2.05, 4.69) is 15.5 Å². The topological polar surface area (TPSA) is 69.6 Å². The minimum absolute atomic E-state index is 0.775. The van der Waals surface area contributed by atoms with Crippen LogP contribution in [-0.4, -0.2) is 20.2 Å². The highest BCUT2D eigenvalue weighted by Gasteiger charge is 1.99. The highest BCUT2D eigenvalue weighted by Crippen LogP contribution is 2.14. The molecule has 0 aliphatic carbocycles. The molecule has 2 rings (SSSR count). The summed E-state index contributed by atoms with van der Waals surface area (Å²) in [7, 11) is 0. The maximum absolute atomic E-state index is 5.68. The van der Waals surface area contributed by atoms with Crippen LogP contribution in [0.5, 0.6) is 0 Å². The molecule has 0 radical (unpaired) electrons. The number of benzene rings is 1. The second kappa shape index (κ2) is 2.85. The molecule has 5 heteroatoms. The molecule has 0 saturated carbocycles. The molecular formula is C8H9N5. The SMILES string of the molecule is Cc1cc(-n2cnnn2)ccc1N. The molecule has 1 aromatic carbocycles. The predicted octanol–water partition coefficient (Wildman–Crippen LogP) is 0.553. The summed E-state index contributed by atoms with van der Waals surface area (Å²) >= 11 is 0. The van der Waals surface area contributed by atoms with Crippen molar-refractivity contribution in [1.82, 2.24) is 20.2 Å². The van der Waals surface area contributed by atoms with Crippen molar-refractivity contribution < 1.29 is 0 Å². The molecule has 2 N–H and O–H groups in total. The van der Waals surface area contributed by atoms with E-state index in [1.54, 1.807) is 11.0 Å². The fourth-order valence-electron chi connectivity index (χ4n) is 1.08. The molecule has 0 fully saturated rings. The zero-order valence-electron chi connectivity index (χ0n) is 7.18. The number of rotatable bonds is 1. The molecule has 1 aromatic heterocycles. The summed E-state index contributed by atoms with van der Waals surface area (Å²) in [5, 5.41) is 10.9. The quantitative estimate of drug-likeness (QED) is 0.642. The molecule has 5 nitrogen and oxygen atoms in total. The summed E-state index contributed by atoms with van der Waals surface area (Å²) in [6.45, 7) is 1.95. The van der Waals surface area contributed by atoms with Crippen LogP contribution >= 0.6 is 0 Å². The number of aromatic nitrogens is 4. The van der Waals surface area contributed by atoms with Crippen molar-refractivity contribution in [2.24, 2.45) is 0 Å². The van der Waals surface area contributed by atoms with E-state index in [9.17, 15) is 0 Å². The van der Waals surface area contributed by atoms with E-state index in [-0.39, 0.29) is 0 Å². The summed E-state index contributed by atoms with van der Waals surface area (Å²) in [6, 6.07) is 5.65. The van der Waals surface area contributed by atoms with Crippen LogP contribution in [0, 0.1) is 6.92 Å². The first-order valence-electron chi connectivity index (χ1n) is 3.87. The molecule has 0 atom stereocenters. The number of hydrogen-bond donors (Lipinski definition) is 1. The zero-order valence-corrected chi connectivity index (χ0v) is 7.18. The zero-order chi connectivity index (χ0) is 9.26. The Kier molecular flexibility index (Phi) is 1.70. The molecule has 0 aliphatic heterocycles. The smallest absolute Gasteiger partial charge is 0.143 e. The lowest BCUT2D eigenvalue weighted by Crippen LogP contribution is -1.97. The van der Waals surface area contributed by atoms with Crippen LogP contribution in [0.3, 0.4) is 0 Å². The van der Waals surface area contributed by atoms with Crippen molar-refractivity contribution in [3.63, 3.8) is 0 Å². The van der Waals surface area contributed by atoms with Crippen LogP contribution in [0.25, 0.3) is 5.69 Å². The lowest BCUT2D eigenvalue weighted by Gasteiger charge is -2.02. The molecule has 13 heavy (non-hydrogen) atoms. The Labute approximate surface area is 75.2 Å². The standard InChI is InChI=1S/C8H9N5/c1-6-4-7(2-3-8(6)9)13-5-10-11-12-13/h2-5H,9H2,1H3. The van der Waals surface area contributed by atoms with Crippen LogP contribution in [-0.2, 0) is 0 Å². The fraction of sp³-hybridized carbons (Fsp3) is 0.125. The lowest BCUT2D eigenvalue weighted by atomic mass is 10.2. The van der Waals surface area contributed by atoms with Gasteiger partial charge in [-0.2, -0.15) is 0 Å². The maximum atomic E-state index is 5.68. The monoisotopic (exact) mass is 175 g/mol. The van der Waals surface area contributed by atoms with Crippen LogP contribution in [0.2, 0.25) is 0 Å². The Hall–Kier alpha value is -1.91. The third kappa shape index (κ3) is 1.35. The van der Waals surface area contributed by atoms with Crippen LogP contribution < -0.4 is 5.73 Å². The molecule has 0 unspecified atom stereocenters. The van der Waals surface area contributed by atoms with Gasteiger partial charge in [0.2, 0.25) is 0 Å². The Balaban J connectivity index is 2.49. The van der Waals surface area contributed by atoms with Crippen molar-refractivity contribution in [3.8, 4) is 5.69 Å². The van der Waals surface area contributed by atoms with Crippen molar-refractivity contribution >= 4 is 5.69 Å². The second-order valence-corrected chi connectivity index (χ2v) is 2.80. The van der Waals surface area contributed by atoms with Gasteiger partial charge in [0.05, 0.1) is 5.69 Å². The van der Waals surface area contributed by atoms with Crippen LogP contribution in [0.1, 0.15) is 5.56 Å². The number of hydrogen-bond acceptors (Lipinski definition) is 4. The van der Waals surface area contributed by atoms with Gasteiger partial charge in [-0.25, -0.2) is 4.68 Å². The van der Waals surface area contributed by atoms with Gasteiger partial charge in [0, 0.05) is 5.69 Å². The number of nitrogens with zero attached hydrogens (tertiary/aromatic N) is 4. The second-order valence-electron chi connectivity index (χ2n) is 2.80. The summed E-state index contributed by atoms with van der Waals surface area (Å²) in [4.78, 5) is 0. The Morgan fingerprint density at radius 3 is 2.85 bits per heavy atom. The maximum Gasteiger partial charge on any atom is 0.143 e. The van der Waals surface area contributed by atoms with Crippen molar-refractivity contribution in [3.05, 3.63) is 30.1 Å². The highest BCUT2D eigenvalue weighted by molar-refractivity contribution is 5.51. The highest BCUT2D eigenvalue weighted by atomic mass is 15.5. The molecular weight excluding hydrogens is 166 g/mol. The molecule has 0 saturated heterocycles. The largest absolute Gasteiger partial charge is 0.399 e. The number of tetrazole rings is 1. The predicted molar refractivity (Wildman–Crippen MR) is 48.3 cm³/mol. The van der Waals surface area contributed by atoms with Crippen molar-refractivity contribution in [1.29, 1.82) is 0 Å². The minimum Gasteiger partial charge on any atom is -0.399 e. The first-order valence-corrected chi connectivity index (χ1v) is 3.87. The Morgan fingerprint density at radius 2 is 2.23 bits per heavy atom. The van der Waals surface area contributed by atoms with E-state index in [1.807, 2.05) is 25.1 Å². The van der Waals surface area contributed by atoms with E-state index in [1.165, 1.54) is 0 Å². The van der Waals surface area contributed by atoms with Crippen molar-refractivity contribution in [2.75, 3.05) is 5.73 Å². The normalized spacial score (nSPS) is 10.2. The summed E-state index contributed by atoms with van der Waals surface area (Å²) in [6.07, 6.45) is 1.55. The first kappa shape index (κ1) is 7.72. The molecule has 2 aromatic rings. The van der Waals surface area contributed by atoms with E-state index in [0.717, 1.165) is 16.9 Å². The molecule has 1 heterocycles. The number of nitrogens with two attached hydrogens (primary N) is 1. The van der Waals surface area contributed by atoms with Crippen LogP contribution in [0.15, 0.2) is 24.5 Å².